The Bertz CT molecular complexity index is 488. The van der Waals surface area contributed by atoms with Gasteiger partial charge in [-0.15, -0.1) is 0 Å². The van der Waals surface area contributed by atoms with Gasteiger partial charge in [0.25, 0.3) is 0 Å². The van der Waals surface area contributed by atoms with Gasteiger partial charge in [0, 0.05) is 11.7 Å². The number of carboxylic acids is 1. The number of carboxylic acid groups (broad SMARTS) is 1. The van der Waals surface area contributed by atoms with E-state index in [9.17, 15) is 9.59 Å². The zero-order valence-corrected chi connectivity index (χ0v) is 11.5. The molecule has 104 valence electrons. The van der Waals surface area contributed by atoms with Crippen LogP contribution < -0.4 is 10.6 Å². The minimum Gasteiger partial charge on any atom is -0.481 e. The summed E-state index contributed by atoms with van der Waals surface area (Å²) in [5, 5.41) is 14.1. The number of nitrogens with one attached hydrogen (secondary N) is 2. The van der Waals surface area contributed by atoms with Gasteiger partial charge in [0.15, 0.2) is 0 Å². The molecule has 0 aromatic carbocycles. The van der Waals surface area contributed by atoms with Crippen molar-refractivity contribution in [3.8, 4) is 0 Å². The largest absolute Gasteiger partial charge is 0.481 e. The predicted octanol–water partition coefficient (Wildman–Crippen LogP) is 1.93. The van der Waals surface area contributed by atoms with E-state index in [0.717, 1.165) is 5.69 Å². The molecule has 2 amide bonds. The number of hydrogen-bond donors (Lipinski definition) is 3. The number of rotatable bonds is 4. The molecule has 0 spiro atoms. The second-order valence-electron chi connectivity index (χ2n) is 4.60. The molecule has 0 aliphatic carbocycles. The Morgan fingerprint density at radius 2 is 1.89 bits per heavy atom. The molecule has 3 N–H and O–H groups in total. The highest BCUT2D eigenvalue weighted by atomic mass is 16.4. The molecule has 0 bridgehead atoms. The fraction of sp³-hybridized carbons (Fsp3) is 0.462. The van der Waals surface area contributed by atoms with Crippen molar-refractivity contribution < 1.29 is 14.7 Å². The number of urea groups is 1. The Balaban J connectivity index is 2.63. The molecule has 0 aliphatic heterocycles. The van der Waals surface area contributed by atoms with Gasteiger partial charge in [0.1, 0.15) is 0 Å². The zero-order valence-electron chi connectivity index (χ0n) is 11.5. The minimum absolute atomic E-state index is 0.436. The van der Waals surface area contributed by atoms with Gasteiger partial charge in [-0.3, -0.25) is 9.78 Å². The molecule has 0 radical (unpaired) electrons. The van der Waals surface area contributed by atoms with Crippen LogP contribution in [0, 0.1) is 19.8 Å². The molecule has 0 aliphatic rings. The van der Waals surface area contributed by atoms with E-state index in [2.05, 4.69) is 15.6 Å². The fourth-order valence-corrected chi connectivity index (χ4v) is 1.52. The van der Waals surface area contributed by atoms with Crippen molar-refractivity contribution in [2.24, 2.45) is 5.92 Å². The van der Waals surface area contributed by atoms with Crippen LogP contribution in [0.1, 0.15) is 25.2 Å². The van der Waals surface area contributed by atoms with Crippen molar-refractivity contribution in [3.05, 3.63) is 23.5 Å². The lowest BCUT2D eigenvalue weighted by molar-refractivity contribution is -0.141. The number of aliphatic carboxylic acids is 1. The lowest BCUT2D eigenvalue weighted by Crippen LogP contribution is -2.42. The first-order chi connectivity index (χ1) is 8.81. The summed E-state index contributed by atoms with van der Waals surface area (Å²) < 4.78 is 0. The highest BCUT2D eigenvalue weighted by Gasteiger charge is 2.21. The van der Waals surface area contributed by atoms with E-state index in [4.69, 9.17) is 5.11 Å². The topological polar surface area (TPSA) is 91.3 Å². The van der Waals surface area contributed by atoms with E-state index in [-0.39, 0.29) is 0 Å². The van der Waals surface area contributed by atoms with Crippen molar-refractivity contribution >= 4 is 17.7 Å². The van der Waals surface area contributed by atoms with E-state index in [1.54, 1.807) is 32.9 Å². The maximum absolute atomic E-state index is 11.7. The fourth-order valence-electron chi connectivity index (χ4n) is 1.52. The van der Waals surface area contributed by atoms with Gasteiger partial charge in [0.05, 0.1) is 17.3 Å². The van der Waals surface area contributed by atoms with Crippen LogP contribution in [-0.2, 0) is 4.79 Å². The Morgan fingerprint density at radius 1 is 1.26 bits per heavy atom. The van der Waals surface area contributed by atoms with Crippen LogP contribution in [-0.4, -0.2) is 28.1 Å². The standard InChI is InChI=1S/C13H19N3O3/c1-7-5-6-11(10(4)14-7)16-13(19)15-9(3)8(2)12(17)18/h5-6,8-9H,1-4H3,(H,17,18)(H2,15,16,19). The van der Waals surface area contributed by atoms with Gasteiger partial charge in [0.2, 0.25) is 0 Å². The highest BCUT2D eigenvalue weighted by Crippen LogP contribution is 2.12. The number of carbonyl (C=O) groups excluding carboxylic acids is 1. The Hall–Kier alpha value is -2.11. The van der Waals surface area contributed by atoms with Crippen LogP contribution >= 0.6 is 0 Å². The number of amides is 2. The van der Waals surface area contributed by atoms with E-state index in [1.165, 1.54) is 0 Å². The molecule has 1 aromatic rings. The molecule has 19 heavy (non-hydrogen) atoms. The first-order valence-corrected chi connectivity index (χ1v) is 6.06. The Labute approximate surface area is 112 Å². The molecule has 0 fully saturated rings. The number of carbonyl (C=O) groups is 2. The van der Waals surface area contributed by atoms with Crippen LogP contribution in [0.25, 0.3) is 0 Å². The first-order valence-electron chi connectivity index (χ1n) is 6.06. The quantitative estimate of drug-likeness (QED) is 0.775. The molecular weight excluding hydrogens is 246 g/mol. The third-order valence-corrected chi connectivity index (χ3v) is 2.97. The van der Waals surface area contributed by atoms with Crippen molar-refractivity contribution in [1.29, 1.82) is 0 Å². The molecule has 2 unspecified atom stereocenters. The number of aryl methyl sites for hydroxylation is 2. The average Bonchev–Trinajstić information content (AvgIpc) is 2.31. The number of nitrogens with zero attached hydrogens (tertiary/aromatic N) is 1. The van der Waals surface area contributed by atoms with Crippen LogP contribution in [0.15, 0.2) is 12.1 Å². The van der Waals surface area contributed by atoms with Gasteiger partial charge in [-0.05, 0) is 39.8 Å². The highest BCUT2D eigenvalue weighted by molar-refractivity contribution is 5.90. The number of anilines is 1. The molecule has 1 aromatic heterocycles. The lowest BCUT2D eigenvalue weighted by Gasteiger charge is -2.18. The van der Waals surface area contributed by atoms with E-state index in [1.807, 2.05) is 6.92 Å². The molecular formula is C13H19N3O3. The summed E-state index contributed by atoms with van der Waals surface area (Å²) in [5.74, 6) is -1.59. The third kappa shape index (κ3) is 4.24. The molecule has 1 rings (SSSR count). The van der Waals surface area contributed by atoms with Gasteiger partial charge in [-0.1, -0.05) is 0 Å². The maximum atomic E-state index is 11.7. The Morgan fingerprint density at radius 3 is 2.42 bits per heavy atom. The summed E-state index contributed by atoms with van der Waals surface area (Å²) in [6.07, 6.45) is 0. The van der Waals surface area contributed by atoms with E-state index in [0.29, 0.717) is 11.4 Å². The minimum atomic E-state index is -0.944. The number of hydrogen-bond acceptors (Lipinski definition) is 3. The van der Waals surface area contributed by atoms with Gasteiger partial charge >= 0.3 is 12.0 Å². The van der Waals surface area contributed by atoms with Crippen LogP contribution in [0.5, 0.6) is 0 Å². The maximum Gasteiger partial charge on any atom is 0.319 e. The van der Waals surface area contributed by atoms with Gasteiger partial charge in [-0.2, -0.15) is 0 Å². The monoisotopic (exact) mass is 265 g/mol. The normalized spacial score (nSPS) is 13.5. The molecule has 6 heteroatoms. The summed E-state index contributed by atoms with van der Waals surface area (Å²) in [7, 11) is 0. The Kier molecular flexibility index (Phi) is 4.86. The van der Waals surface area contributed by atoms with E-state index >= 15 is 0 Å². The predicted molar refractivity (Wildman–Crippen MR) is 72.1 cm³/mol. The summed E-state index contributed by atoms with van der Waals surface area (Å²) in [6, 6.07) is 2.67. The number of aromatic nitrogens is 1. The molecule has 0 saturated heterocycles. The summed E-state index contributed by atoms with van der Waals surface area (Å²) in [6.45, 7) is 6.87. The average molecular weight is 265 g/mol. The molecule has 6 nitrogen and oxygen atoms in total. The third-order valence-electron chi connectivity index (χ3n) is 2.97. The van der Waals surface area contributed by atoms with Crippen molar-refractivity contribution in [2.75, 3.05) is 5.32 Å². The van der Waals surface area contributed by atoms with Crippen molar-refractivity contribution in [3.63, 3.8) is 0 Å². The van der Waals surface area contributed by atoms with Gasteiger partial charge < -0.3 is 15.7 Å². The van der Waals surface area contributed by atoms with Gasteiger partial charge in [-0.25, -0.2) is 4.79 Å². The number of pyridine rings is 1. The van der Waals surface area contributed by atoms with Crippen molar-refractivity contribution in [2.45, 2.75) is 33.7 Å². The van der Waals surface area contributed by atoms with E-state index < -0.39 is 24.0 Å². The second-order valence-corrected chi connectivity index (χ2v) is 4.60. The molecule has 2 atom stereocenters. The molecule has 0 saturated carbocycles. The molecule has 1 heterocycles. The van der Waals surface area contributed by atoms with Crippen LogP contribution in [0.3, 0.4) is 0 Å². The SMILES string of the molecule is Cc1ccc(NC(=O)NC(C)C(C)C(=O)O)c(C)n1. The summed E-state index contributed by atoms with van der Waals surface area (Å²) in [5.41, 5.74) is 2.20. The van der Waals surface area contributed by atoms with Crippen LogP contribution in [0.4, 0.5) is 10.5 Å². The first kappa shape index (κ1) is 14.9. The second kappa shape index (κ2) is 6.17. The summed E-state index contributed by atoms with van der Waals surface area (Å²) >= 11 is 0. The smallest absolute Gasteiger partial charge is 0.319 e. The summed E-state index contributed by atoms with van der Waals surface area (Å²) in [4.78, 5) is 26.8. The van der Waals surface area contributed by atoms with Crippen LogP contribution in [0.2, 0.25) is 0 Å². The van der Waals surface area contributed by atoms with Crippen molar-refractivity contribution in [1.82, 2.24) is 10.3 Å². The zero-order chi connectivity index (χ0) is 14.6. The lowest BCUT2D eigenvalue weighted by atomic mass is 10.0.